The van der Waals surface area contributed by atoms with Crippen LogP contribution < -0.4 is 5.43 Å². The number of hydrogen-bond acceptors (Lipinski definition) is 3. The summed E-state index contributed by atoms with van der Waals surface area (Å²) in [6.45, 7) is 1.18. The zero-order valence-corrected chi connectivity index (χ0v) is 5.10. The summed E-state index contributed by atoms with van der Waals surface area (Å²) < 4.78 is 22.6. The van der Waals surface area contributed by atoms with Crippen molar-refractivity contribution in [2.24, 2.45) is 0 Å². The molecule has 0 atom stereocenters. The fraction of sp³-hybridized carbons (Fsp3) is 1.00. The van der Waals surface area contributed by atoms with Gasteiger partial charge in [-0.15, -0.1) is 0 Å². The minimum absolute atomic E-state index is 0.173. The molecule has 0 saturated carbocycles. The van der Waals surface area contributed by atoms with Gasteiger partial charge in [0, 0.05) is 0 Å². The van der Waals surface area contributed by atoms with Crippen LogP contribution in [0.5, 0.6) is 0 Å². The van der Waals surface area contributed by atoms with Crippen LogP contribution >= 0.6 is 0 Å². The van der Waals surface area contributed by atoms with E-state index in [9.17, 15) is 14.0 Å². The van der Waals surface area contributed by atoms with Gasteiger partial charge >= 0.3 is 0 Å². The smallest absolute Gasteiger partial charge is 0.252 e. The first-order valence-corrected chi connectivity index (χ1v) is 2.63. The number of hydrazine groups is 1. The number of rotatable bonds is 4. The Morgan fingerprint density at radius 1 is 1.67 bits per heavy atom. The molecule has 0 aromatic heterocycles. The van der Waals surface area contributed by atoms with Crippen molar-refractivity contribution in [3.63, 3.8) is 0 Å². The third kappa shape index (κ3) is 5.61. The number of halogens is 2. The van der Waals surface area contributed by atoms with Crippen LogP contribution in [0.25, 0.3) is 0 Å². The van der Waals surface area contributed by atoms with E-state index < -0.39 is 13.0 Å². The van der Waals surface area contributed by atoms with Crippen molar-refractivity contribution in [2.45, 2.75) is 13.3 Å². The quantitative estimate of drug-likeness (QED) is 0.579. The Balaban J connectivity index is 3.06. The summed E-state index contributed by atoms with van der Waals surface area (Å²) >= 11 is 0. The molecule has 0 aromatic carbocycles. The Labute approximate surface area is 52.2 Å². The van der Waals surface area contributed by atoms with E-state index in [1.807, 2.05) is 5.43 Å². The van der Waals surface area contributed by atoms with E-state index >= 15 is 0 Å². The number of hydrogen-bond donors (Lipinski definition) is 1. The third-order valence-corrected chi connectivity index (χ3v) is 0.709. The van der Waals surface area contributed by atoms with E-state index in [-0.39, 0.29) is 6.54 Å². The lowest BCUT2D eigenvalue weighted by molar-refractivity contribution is 0.116. The molecule has 3 nitrogen and oxygen atoms in total. The van der Waals surface area contributed by atoms with Gasteiger partial charge in [0.2, 0.25) is 0 Å². The van der Waals surface area contributed by atoms with Crippen LogP contribution in [-0.2, 0) is 0 Å². The molecule has 0 aliphatic heterocycles. The van der Waals surface area contributed by atoms with Gasteiger partial charge in [-0.25, -0.2) is 8.78 Å². The fourth-order valence-electron chi connectivity index (χ4n) is 0.283. The van der Waals surface area contributed by atoms with Gasteiger partial charge in [0.05, 0.1) is 6.54 Å². The Bertz CT molecular complexity index is 71.6. The molecule has 0 aromatic rings. The van der Waals surface area contributed by atoms with Gasteiger partial charge in [0.15, 0.2) is 0 Å². The van der Waals surface area contributed by atoms with Gasteiger partial charge in [0.25, 0.3) is 6.43 Å². The summed E-state index contributed by atoms with van der Waals surface area (Å²) in [5.41, 5.74) is 1.96. The minimum Gasteiger partial charge on any atom is -0.772 e. The van der Waals surface area contributed by atoms with E-state index in [2.05, 4.69) is 0 Å². The van der Waals surface area contributed by atoms with Crippen LogP contribution in [0.3, 0.4) is 0 Å². The average molecular weight is 139 g/mol. The van der Waals surface area contributed by atoms with E-state index in [0.29, 0.717) is 5.17 Å². The molecule has 0 radical (unpaired) electrons. The van der Waals surface area contributed by atoms with Gasteiger partial charge in [-0.1, -0.05) is 6.92 Å². The molecule has 9 heavy (non-hydrogen) atoms. The predicted molar refractivity (Wildman–Crippen MR) is 29.8 cm³/mol. The third-order valence-electron chi connectivity index (χ3n) is 0.709. The van der Waals surface area contributed by atoms with Crippen molar-refractivity contribution in [1.29, 1.82) is 0 Å². The monoisotopic (exact) mass is 139 g/mol. The van der Waals surface area contributed by atoms with E-state index in [4.69, 9.17) is 0 Å². The highest BCUT2D eigenvalue weighted by Crippen LogP contribution is 1.88. The summed E-state index contributed by atoms with van der Waals surface area (Å²) in [6.07, 6.45) is -2.46. The molecule has 0 amide bonds. The number of alkyl halides is 2. The van der Waals surface area contributed by atoms with Crippen molar-refractivity contribution in [1.82, 2.24) is 10.6 Å². The molecule has 0 fully saturated rings. The molecule has 0 bridgehead atoms. The highest BCUT2D eigenvalue weighted by atomic mass is 19.3. The number of nitrogens with zero attached hydrogens (tertiary/aromatic N) is 1. The first kappa shape index (κ1) is 8.74. The lowest BCUT2D eigenvalue weighted by Gasteiger charge is -2.26. The van der Waals surface area contributed by atoms with Crippen LogP contribution in [0.2, 0.25) is 0 Å². The van der Waals surface area contributed by atoms with Crippen molar-refractivity contribution in [3.8, 4) is 0 Å². The molecule has 0 heterocycles. The van der Waals surface area contributed by atoms with Crippen LogP contribution in [0, 0.1) is 5.21 Å². The van der Waals surface area contributed by atoms with Crippen molar-refractivity contribution in [3.05, 3.63) is 5.21 Å². The van der Waals surface area contributed by atoms with Gasteiger partial charge in [0.1, 0.15) is 0 Å². The Morgan fingerprint density at radius 2 is 2.22 bits per heavy atom. The zero-order chi connectivity index (χ0) is 7.28. The van der Waals surface area contributed by atoms with E-state index in [1.54, 1.807) is 6.92 Å². The second kappa shape index (κ2) is 4.60. The Hall–Kier alpha value is -0.260. The summed E-state index contributed by atoms with van der Waals surface area (Å²) in [5, 5.41) is 10.6. The Kier molecular flexibility index (Phi) is 4.47. The normalized spacial score (nSPS) is 11.3. The average Bonchev–Trinajstić information content (AvgIpc) is 1.83. The molecule has 1 N–H and O–H groups in total. The van der Waals surface area contributed by atoms with Crippen LogP contribution in [0.4, 0.5) is 8.78 Å². The second-order valence-corrected chi connectivity index (χ2v) is 1.45. The standard InChI is InChI=1S/C4H9F2N2O/c1-2-8(9)7-3-4(5)6/h4,7H,2-3H2,1H3/q-1. The summed E-state index contributed by atoms with van der Waals surface area (Å²) in [5.74, 6) is 0. The van der Waals surface area contributed by atoms with Crippen LogP contribution in [-0.4, -0.2) is 24.7 Å². The van der Waals surface area contributed by atoms with Gasteiger partial charge in [-0.3, -0.25) is 5.43 Å². The van der Waals surface area contributed by atoms with Gasteiger partial charge in [-0.05, 0) is 6.54 Å². The molecular formula is C4H9F2N2O-. The maximum atomic E-state index is 11.3. The van der Waals surface area contributed by atoms with Crippen LogP contribution in [0.1, 0.15) is 6.92 Å². The van der Waals surface area contributed by atoms with Crippen molar-refractivity contribution >= 4 is 0 Å². The largest absolute Gasteiger partial charge is 0.772 e. The molecule has 5 heteroatoms. The highest BCUT2D eigenvalue weighted by molar-refractivity contribution is 4.48. The van der Waals surface area contributed by atoms with E-state index in [1.165, 1.54) is 0 Å². The summed E-state index contributed by atoms with van der Waals surface area (Å²) in [7, 11) is 0. The Morgan fingerprint density at radius 3 is 2.56 bits per heavy atom. The maximum Gasteiger partial charge on any atom is 0.252 e. The summed E-state index contributed by atoms with van der Waals surface area (Å²) in [4.78, 5) is 0. The molecular weight excluding hydrogens is 130 g/mol. The topological polar surface area (TPSA) is 38.3 Å². The fourth-order valence-corrected chi connectivity index (χ4v) is 0.283. The number of nitrogens with one attached hydrogen (secondary N) is 1. The lowest BCUT2D eigenvalue weighted by atomic mass is 10.7. The van der Waals surface area contributed by atoms with Crippen molar-refractivity contribution < 1.29 is 8.78 Å². The summed E-state index contributed by atoms with van der Waals surface area (Å²) in [6, 6.07) is 0. The molecule has 0 unspecified atom stereocenters. The zero-order valence-electron chi connectivity index (χ0n) is 5.10. The molecule has 0 saturated heterocycles. The second-order valence-electron chi connectivity index (χ2n) is 1.45. The minimum atomic E-state index is -2.46. The molecule has 0 aliphatic rings. The van der Waals surface area contributed by atoms with Crippen molar-refractivity contribution in [2.75, 3.05) is 13.1 Å². The first-order valence-electron chi connectivity index (χ1n) is 2.63. The van der Waals surface area contributed by atoms with E-state index in [0.717, 1.165) is 0 Å². The highest BCUT2D eigenvalue weighted by Gasteiger charge is 1.99. The molecule has 0 spiro atoms. The maximum absolute atomic E-state index is 11.3. The number of hydroxylamine groups is 1. The predicted octanol–water partition coefficient (Wildman–Crippen LogP) is 0.576. The lowest BCUT2D eigenvalue weighted by Crippen LogP contribution is -2.35. The molecule has 56 valence electrons. The molecule has 0 aliphatic carbocycles. The SMILES string of the molecule is CCN([O-])NCC(F)F. The first-order chi connectivity index (χ1) is 4.16. The van der Waals surface area contributed by atoms with Crippen LogP contribution in [0.15, 0.2) is 0 Å². The van der Waals surface area contributed by atoms with Gasteiger partial charge in [-0.2, -0.15) is 0 Å². The molecule has 0 rings (SSSR count). The van der Waals surface area contributed by atoms with Gasteiger partial charge < -0.3 is 10.4 Å².